The third-order valence-electron chi connectivity index (χ3n) is 4.35. The van der Waals surface area contributed by atoms with E-state index in [2.05, 4.69) is 0 Å². The molecule has 1 heterocycles. The molecule has 0 aromatic heterocycles. The van der Waals surface area contributed by atoms with Crippen LogP contribution in [0.4, 0.5) is 10.1 Å². The molecule has 20 heavy (non-hydrogen) atoms. The van der Waals surface area contributed by atoms with Crippen LogP contribution in [0.2, 0.25) is 0 Å². The van der Waals surface area contributed by atoms with Crippen molar-refractivity contribution in [3.8, 4) is 0 Å². The van der Waals surface area contributed by atoms with Crippen LogP contribution in [0.25, 0.3) is 0 Å². The van der Waals surface area contributed by atoms with E-state index in [1.807, 2.05) is 0 Å². The molecule has 5 heteroatoms. The number of hydrogen-bond acceptors (Lipinski definition) is 3. The predicted molar refractivity (Wildman–Crippen MR) is 77.4 cm³/mol. The number of rotatable bonds is 3. The van der Waals surface area contributed by atoms with E-state index in [0.717, 1.165) is 25.7 Å². The van der Waals surface area contributed by atoms with E-state index in [1.165, 1.54) is 25.0 Å². The fourth-order valence-electron chi connectivity index (χ4n) is 3.38. The molecular formula is C15H20FNO2S. The fourth-order valence-corrected chi connectivity index (χ4v) is 4.66. The van der Waals surface area contributed by atoms with Crippen molar-refractivity contribution < 1.29 is 13.3 Å². The Morgan fingerprint density at radius 1 is 1.30 bits per heavy atom. The van der Waals surface area contributed by atoms with Gasteiger partial charge in [0.1, 0.15) is 5.82 Å². The molecule has 1 saturated heterocycles. The van der Waals surface area contributed by atoms with Crippen LogP contribution in [0.5, 0.6) is 0 Å². The van der Waals surface area contributed by atoms with Crippen LogP contribution in [-0.2, 0) is 15.5 Å². The lowest BCUT2D eigenvalue weighted by Gasteiger charge is -2.23. The molecular weight excluding hydrogens is 277 g/mol. The van der Waals surface area contributed by atoms with Crippen molar-refractivity contribution in [2.75, 3.05) is 11.5 Å². The first-order valence-corrected chi connectivity index (χ1v) is 8.51. The van der Waals surface area contributed by atoms with Gasteiger partial charge in [0, 0.05) is 10.6 Å². The van der Waals surface area contributed by atoms with Gasteiger partial charge in [0.25, 0.3) is 0 Å². The molecule has 3 nitrogen and oxygen atoms in total. The van der Waals surface area contributed by atoms with Crippen molar-refractivity contribution in [3.63, 3.8) is 0 Å². The monoisotopic (exact) mass is 297 g/mol. The second-order valence-electron chi connectivity index (χ2n) is 5.90. The first-order valence-electron chi connectivity index (χ1n) is 7.19. The van der Waals surface area contributed by atoms with Crippen molar-refractivity contribution in [3.05, 3.63) is 24.0 Å². The van der Waals surface area contributed by atoms with Gasteiger partial charge < -0.3 is 10.5 Å². The number of nitrogens with two attached hydrogens (primary N) is 1. The minimum atomic E-state index is -1.26. The number of ether oxygens (including phenoxy) is 1. The van der Waals surface area contributed by atoms with Gasteiger partial charge in [0.05, 0.1) is 28.3 Å². The summed E-state index contributed by atoms with van der Waals surface area (Å²) in [6.45, 7) is 0. The third-order valence-corrected chi connectivity index (χ3v) is 5.78. The zero-order chi connectivity index (χ0) is 14.2. The van der Waals surface area contributed by atoms with E-state index in [0.29, 0.717) is 16.3 Å². The Morgan fingerprint density at radius 2 is 2.05 bits per heavy atom. The summed E-state index contributed by atoms with van der Waals surface area (Å²) in [6, 6.07) is 4.12. The number of halogens is 1. The lowest BCUT2D eigenvalue weighted by atomic mass is 9.98. The Balaban J connectivity index is 1.65. The van der Waals surface area contributed by atoms with Gasteiger partial charge in [-0.15, -0.1) is 0 Å². The van der Waals surface area contributed by atoms with Gasteiger partial charge in [-0.05, 0) is 43.9 Å². The molecule has 0 bridgehead atoms. The zero-order valence-electron chi connectivity index (χ0n) is 11.4. The molecule has 2 fully saturated rings. The second-order valence-corrected chi connectivity index (χ2v) is 7.40. The molecule has 1 saturated carbocycles. The van der Waals surface area contributed by atoms with Crippen LogP contribution in [0.3, 0.4) is 0 Å². The van der Waals surface area contributed by atoms with Gasteiger partial charge in [-0.25, -0.2) is 4.39 Å². The minimum absolute atomic E-state index is 0.0263. The largest absolute Gasteiger partial charge is 0.399 e. The van der Waals surface area contributed by atoms with Crippen LogP contribution < -0.4 is 5.73 Å². The van der Waals surface area contributed by atoms with E-state index < -0.39 is 16.6 Å². The molecule has 1 aromatic carbocycles. The zero-order valence-corrected chi connectivity index (χ0v) is 12.3. The van der Waals surface area contributed by atoms with Crippen molar-refractivity contribution >= 4 is 16.5 Å². The molecule has 2 aliphatic rings. The molecule has 1 aromatic rings. The van der Waals surface area contributed by atoms with Crippen molar-refractivity contribution in [1.82, 2.24) is 0 Å². The Bertz CT molecular complexity index is 508. The van der Waals surface area contributed by atoms with Crippen LogP contribution in [0, 0.1) is 5.82 Å². The summed E-state index contributed by atoms with van der Waals surface area (Å²) in [6.07, 6.45) is 6.77. The van der Waals surface area contributed by atoms with Gasteiger partial charge in [0.2, 0.25) is 0 Å². The first kappa shape index (κ1) is 14.0. The summed E-state index contributed by atoms with van der Waals surface area (Å²) in [5.74, 6) is -0.00192. The molecule has 0 amide bonds. The highest BCUT2D eigenvalue weighted by molar-refractivity contribution is 7.85. The smallest absolute Gasteiger partial charge is 0.126 e. The van der Waals surface area contributed by atoms with E-state index in [9.17, 15) is 8.60 Å². The molecule has 1 aliphatic carbocycles. The van der Waals surface area contributed by atoms with E-state index in [1.54, 1.807) is 6.07 Å². The highest BCUT2D eigenvalue weighted by Crippen LogP contribution is 2.43. The Morgan fingerprint density at radius 3 is 2.75 bits per heavy atom. The minimum Gasteiger partial charge on any atom is -0.399 e. The topological polar surface area (TPSA) is 52.3 Å². The normalized spacial score (nSPS) is 26.1. The second kappa shape index (κ2) is 5.45. The summed E-state index contributed by atoms with van der Waals surface area (Å²) < 4.78 is 31.8. The number of anilines is 1. The molecule has 2 N–H and O–H groups in total. The number of benzene rings is 1. The van der Waals surface area contributed by atoms with Crippen molar-refractivity contribution in [2.24, 2.45) is 0 Å². The van der Waals surface area contributed by atoms with E-state index in [-0.39, 0.29) is 11.7 Å². The third kappa shape index (κ3) is 2.88. The van der Waals surface area contributed by atoms with Gasteiger partial charge in [-0.1, -0.05) is 12.8 Å². The fraction of sp³-hybridized carbons (Fsp3) is 0.600. The van der Waals surface area contributed by atoms with E-state index >= 15 is 0 Å². The Labute approximate surface area is 121 Å². The predicted octanol–water partition coefficient (Wildman–Crippen LogP) is 3.01. The standard InChI is InChI=1S/C15H20FNO2S/c16-11-7-12(17)9-14(8-11)20(18)10-13-3-6-15(19-13)4-1-2-5-15/h7-9,13H,1-6,10,17H2. The SMILES string of the molecule is Nc1cc(F)cc(S(=O)CC2CCC3(CCCC3)O2)c1. The summed E-state index contributed by atoms with van der Waals surface area (Å²) in [5.41, 5.74) is 5.96. The maximum absolute atomic E-state index is 13.3. The maximum atomic E-state index is 13.3. The number of nitrogen functional groups attached to an aromatic ring is 1. The highest BCUT2D eigenvalue weighted by Gasteiger charge is 2.42. The summed E-state index contributed by atoms with van der Waals surface area (Å²) in [5, 5.41) is 0. The average Bonchev–Trinajstić information content (AvgIpc) is 2.99. The molecule has 0 radical (unpaired) electrons. The van der Waals surface area contributed by atoms with Crippen LogP contribution in [0.15, 0.2) is 23.1 Å². The van der Waals surface area contributed by atoms with Gasteiger partial charge in [0.15, 0.2) is 0 Å². The van der Waals surface area contributed by atoms with Gasteiger partial charge >= 0.3 is 0 Å². The van der Waals surface area contributed by atoms with Crippen LogP contribution in [0.1, 0.15) is 38.5 Å². The van der Waals surface area contributed by atoms with Crippen LogP contribution >= 0.6 is 0 Å². The first-order chi connectivity index (χ1) is 9.56. The molecule has 3 rings (SSSR count). The van der Waals surface area contributed by atoms with Crippen molar-refractivity contribution in [1.29, 1.82) is 0 Å². The maximum Gasteiger partial charge on any atom is 0.126 e. The molecule has 110 valence electrons. The molecule has 2 atom stereocenters. The number of hydrogen-bond donors (Lipinski definition) is 1. The van der Waals surface area contributed by atoms with Crippen LogP contribution in [-0.4, -0.2) is 21.7 Å². The molecule has 1 spiro atoms. The average molecular weight is 297 g/mol. The Kier molecular flexibility index (Phi) is 3.82. The van der Waals surface area contributed by atoms with Gasteiger partial charge in [-0.2, -0.15) is 0 Å². The lowest BCUT2D eigenvalue weighted by Crippen LogP contribution is -2.27. The Hall–Kier alpha value is -0.940. The van der Waals surface area contributed by atoms with Crippen molar-refractivity contribution in [2.45, 2.75) is 55.1 Å². The quantitative estimate of drug-likeness (QED) is 0.873. The summed E-state index contributed by atoms with van der Waals surface area (Å²) in [4.78, 5) is 0.457. The lowest BCUT2D eigenvalue weighted by molar-refractivity contribution is -0.0270. The van der Waals surface area contributed by atoms with E-state index in [4.69, 9.17) is 10.5 Å². The van der Waals surface area contributed by atoms with Gasteiger partial charge in [-0.3, -0.25) is 4.21 Å². The molecule has 1 aliphatic heterocycles. The molecule has 2 unspecified atom stereocenters. The summed E-state index contributed by atoms with van der Waals surface area (Å²) >= 11 is 0. The summed E-state index contributed by atoms with van der Waals surface area (Å²) in [7, 11) is -1.26. The highest BCUT2D eigenvalue weighted by atomic mass is 32.2.